The molecule has 0 radical (unpaired) electrons. The number of carbonyl (C=O) groups is 1. The summed E-state index contributed by atoms with van der Waals surface area (Å²) in [5, 5.41) is 8.59. The molecule has 0 unspecified atom stereocenters. The van der Waals surface area contributed by atoms with E-state index < -0.39 is 0 Å². The van der Waals surface area contributed by atoms with Gasteiger partial charge in [0.25, 0.3) is 0 Å². The van der Waals surface area contributed by atoms with Crippen LogP contribution < -0.4 is 0 Å². The molecule has 1 aromatic carbocycles. The summed E-state index contributed by atoms with van der Waals surface area (Å²) in [6.07, 6.45) is 3.81. The normalized spacial score (nSPS) is 13.6. The van der Waals surface area contributed by atoms with E-state index in [0.29, 0.717) is 26.1 Å². The van der Waals surface area contributed by atoms with E-state index in [1.807, 2.05) is 47.4 Å². The SMILES string of the molecule is O=C(Cc1cccnc1)N1CCn2c(nnc2-c2ccccc2)C1. The minimum atomic E-state index is 0.0958. The molecular formula is C18H17N5O. The Kier molecular flexibility index (Phi) is 3.78. The summed E-state index contributed by atoms with van der Waals surface area (Å²) >= 11 is 0. The third kappa shape index (κ3) is 2.78. The van der Waals surface area contributed by atoms with Crippen LogP contribution in [-0.2, 0) is 24.3 Å². The lowest BCUT2D eigenvalue weighted by molar-refractivity contribution is -0.132. The van der Waals surface area contributed by atoms with E-state index in [9.17, 15) is 4.79 Å². The van der Waals surface area contributed by atoms with Gasteiger partial charge in [0.15, 0.2) is 11.6 Å². The standard InChI is InChI=1S/C18H17N5O/c24-17(11-14-5-4-8-19-12-14)22-9-10-23-16(13-22)20-21-18(23)15-6-2-1-3-7-15/h1-8,12H,9-11,13H2. The molecule has 3 heterocycles. The first kappa shape index (κ1) is 14.6. The third-order valence-corrected chi connectivity index (χ3v) is 4.22. The van der Waals surface area contributed by atoms with Crippen LogP contribution in [0.5, 0.6) is 0 Å². The highest BCUT2D eigenvalue weighted by Gasteiger charge is 2.24. The van der Waals surface area contributed by atoms with Gasteiger partial charge in [-0.05, 0) is 11.6 Å². The average Bonchev–Trinajstić information content (AvgIpc) is 3.06. The van der Waals surface area contributed by atoms with Gasteiger partial charge in [-0.2, -0.15) is 0 Å². The summed E-state index contributed by atoms with van der Waals surface area (Å²) in [5.74, 6) is 1.79. The number of rotatable bonds is 3. The van der Waals surface area contributed by atoms with Crippen molar-refractivity contribution >= 4 is 5.91 Å². The van der Waals surface area contributed by atoms with Crippen molar-refractivity contribution in [3.05, 3.63) is 66.2 Å². The van der Waals surface area contributed by atoms with E-state index in [-0.39, 0.29) is 5.91 Å². The second-order valence-corrected chi connectivity index (χ2v) is 5.81. The van der Waals surface area contributed by atoms with E-state index in [2.05, 4.69) is 19.7 Å². The molecule has 1 aliphatic heterocycles. The third-order valence-electron chi connectivity index (χ3n) is 4.22. The first-order chi connectivity index (χ1) is 11.8. The topological polar surface area (TPSA) is 63.9 Å². The Hall–Kier alpha value is -3.02. The zero-order valence-electron chi connectivity index (χ0n) is 13.2. The molecule has 6 nitrogen and oxygen atoms in total. The molecule has 0 aliphatic carbocycles. The number of fused-ring (bicyclic) bond motifs is 1. The highest BCUT2D eigenvalue weighted by atomic mass is 16.2. The van der Waals surface area contributed by atoms with Crippen molar-refractivity contribution in [1.29, 1.82) is 0 Å². The molecule has 3 aromatic rings. The van der Waals surface area contributed by atoms with Gasteiger partial charge < -0.3 is 9.47 Å². The largest absolute Gasteiger partial charge is 0.333 e. The maximum atomic E-state index is 12.5. The van der Waals surface area contributed by atoms with Crippen molar-refractivity contribution in [1.82, 2.24) is 24.6 Å². The van der Waals surface area contributed by atoms with Crippen molar-refractivity contribution in [2.75, 3.05) is 6.54 Å². The van der Waals surface area contributed by atoms with E-state index in [1.165, 1.54) is 0 Å². The quantitative estimate of drug-likeness (QED) is 0.740. The molecule has 0 saturated carbocycles. The van der Waals surface area contributed by atoms with Gasteiger partial charge in [-0.1, -0.05) is 36.4 Å². The second-order valence-electron chi connectivity index (χ2n) is 5.81. The maximum Gasteiger partial charge on any atom is 0.227 e. The summed E-state index contributed by atoms with van der Waals surface area (Å²) in [6, 6.07) is 13.8. The fourth-order valence-electron chi connectivity index (χ4n) is 2.96. The smallest absolute Gasteiger partial charge is 0.227 e. The van der Waals surface area contributed by atoms with E-state index >= 15 is 0 Å². The Labute approximate surface area is 139 Å². The Balaban J connectivity index is 1.51. The molecule has 1 amide bonds. The highest BCUT2D eigenvalue weighted by Crippen LogP contribution is 2.21. The lowest BCUT2D eigenvalue weighted by atomic mass is 10.2. The summed E-state index contributed by atoms with van der Waals surface area (Å²) in [4.78, 5) is 18.4. The summed E-state index contributed by atoms with van der Waals surface area (Å²) < 4.78 is 2.10. The van der Waals surface area contributed by atoms with Gasteiger partial charge in [-0.3, -0.25) is 9.78 Å². The van der Waals surface area contributed by atoms with Gasteiger partial charge in [-0.15, -0.1) is 10.2 Å². The molecule has 0 atom stereocenters. The molecule has 6 heteroatoms. The van der Waals surface area contributed by atoms with Gasteiger partial charge in [-0.25, -0.2) is 0 Å². The number of hydrogen-bond donors (Lipinski definition) is 0. The number of nitrogens with zero attached hydrogens (tertiary/aromatic N) is 5. The summed E-state index contributed by atoms with van der Waals surface area (Å²) in [7, 11) is 0. The molecular weight excluding hydrogens is 302 g/mol. The van der Waals surface area contributed by atoms with Crippen molar-refractivity contribution in [3.63, 3.8) is 0 Å². The minimum Gasteiger partial charge on any atom is -0.333 e. The van der Waals surface area contributed by atoms with Gasteiger partial charge in [0, 0.05) is 31.0 Å². The van der Waals surface area contributed by atoms with Gasteiger partial charge in [0.1, 0.15) is 0 Å². The highest BCUT2D eigenvalue weighted by molar-refractivity contribution is 5.78. The van der Waals surface area contributed by atoms with Gasteiger partial charge >= 0.3 is 0 Å². The number of hydrogen-bond acceptors (Lipinski definition) is 4. The van der Waals surface area contributed by atoms with Gasteiger partial charge in [0.05, 0.1) is 13.0 Å². The van der Waals surface area contributed by atoms with Crippen LogP contribution in [0, 0.1) is 0 Å². The lowest BCUT2D eigenvalue weighted by Gasteiger charge is -2.28. The predicted molar refractivity (Wildman–Crippen MR) is 88.8 cm³/mol. The van der Waals surface area contributed by atoms with Crippen molar-refractivity contribution < 1.29 is 4.79 Å². The summed E-state index contributed by atoms with van der Waals surface area (Å²) in [6.45, 7) is 1.88. The van der Waals surface area contributed by atoms with Crippen LogP contribution in [0.4, 0.5) is 0 Å². The molecule has 0 N–H and O–H groups in total. The molecule has 0 fully saturated rings. The van der Waals surface area contributed by atoms with E-state index in [4.69, 9.17) is 0 Å². The number of aromatic nitrogens is 4. The average molecular weight is 319 g/mol. The zero-order valence-corrected chi connectivity index (χ0v) is 13.2. The Morgan fingerprint density at radius 1 is 1.04 bits per heavy atom. The van der Waals surface area contributed by atoms with Crippen LogP contribution in [0.15, 0.2) is 54.9 Å². The van der Waals surface area contributed by atoms with Crippen molar-refractivity contribution in [3.8, 4) is 11.4 Å². The Bertz CT molecular complexity index is 844. The maximum absolute atomic E-state index is 12.5. The molecule has 2 aromatic heterocycles. The minimum absolute atomic E-state index is 0.0958. The summed E-state index contributed by atoms with van der Waals surface area (Å²) in [5.41, 5.74) is 1.98. The number of carbonyl (C=O) groups excluding carboxylic acids is 1. The number of pyridine rings is 1. The monoisotopic (exact) mass is 319 g/mol. The first-order valence-electron chi connectivity index (χ1n) is 7.95. The van der Waals surface area contributed by atoms with Crippen LogP contribution in [0.2, 0.25) is 0 Å². The molecule has 120 valence electrons. The molecule has 24 heavy (non-hydrogen) atoms. The van der Waals surface area contributed by atoms with Crippen LogP contribution >= 0.6 is 0 Å². The fourth-order valence-corrected chi connectivity index (χ4v) is 2.96. The van der Waals surface area contributed by atoms with Crippen LogP contribution in [-0.4, -0.2) is 37.1 Å². The first-order valence-corrected chi connectivity index (χ1v) is 7.95. The Morgan fingerprint density at radius 2 is 1.92 bits per heavy atom. The number of amides is 1. The number of benzene rings is 1. The van der Waals surface area contributed by atoms with Crippen molar-refractivity contribution in [2.45, 2.75) is 19.5 Å². The molecule has 0 saturated heterocycles. The zero-order chi connectivity index (χ0) is 16.4. The van der Waals surface area contributed by atoms with Gasteiger partial charge in [0.2, 0.25) is 5.91 Å². The molecule has 0 bridgehead atoms. The molecule has 0 spiro atoms. The lowest BCUT2D eigenvalue weighted by Crippen LogP contribution is -2.39. The van der Waals surface area contributed by atoms with E-state index in [1.54, 1.807) is 12.4 Å². The van der Waals surface area contributed by atoms with E-state index in [0.717, 1.165) is 22.8 Å². The Morgan fingerprint density at radius 3 is 2.71 bits per heavy atom. The predicted octanol–water partition coefficient (Wildman–Crippen LogP) is 1.92. The second kappa shape index (κ2) is 6.23. The fraction of sp³-hybridized carbons (Fsp3) is 0.222. The molecule has 1 aliphatic rings. The molecule has 4 rings (SSSR count). The van der Waals surface area contributed by atoms with Crippen molar-refractivity contribution in [2.24, 2.45) is 0 Å². The van der Waals surface area contributed by atoms with Crippen LogP contribution in [0.1, 0.15) is 11.4 Å². The van der Waals surface area contributed by atoms with Crippen LogP contribution in [0.3, 0.4) is 0 Å². The van der Waals surface area contributed by atoms with Crippen LogP contribution in [0.25, 0.3) is 11.4 Å².